The summed E-state index contributed by atoms with van der Waals surface area (Å²) < 4.78 is 0. The maximum atomic E-state index is 12.0. The Hall–Kier alpha value is -4.69. The minimum atomic E-state index is -0.853. The molecular formula is C37H30ClN3O. The molecule has 0 amide bonds. The van der Waals surface area contributed by atoms with E-state index in [0.717, 1.165) is 39.1 Å². The number of hydrogen-bond donors (Lipinski definition) is 1. The fourth-order valence-corrected chi connectivity index (χ4v) is 6.37. The molecule has 0 radical (unpaired) electrons. The first-order valence-electron chi connectivity index (χ1n) is 14.1. The van der Waals surface area contributed by atoms with Crippen LogP contribution in [0.4, 0.5) is 5.69 Å². The second-order valence-corrected chi connectivity index (χ2v) is 11.3. The molecule has 1 fully saturated rings. The number of Topliss-reactive ketones (excluding diaryl/α,β-unsaturated/α-hetero) is 1. The number of benzene rings is 5. The summed E-state index contributed by atoms with van der Waals surface area (Å²) in [5, 5.41) is 12.0. The zero-order valence-electron chi connectivity index (χ0n) is 23.1. The normalized spacial score (nSPS) is 13.3. The average molecular weight is 568 g/mol. The summed E-state index contributed by atoms with van der Waals surface area (Å²) in [5.74, 6) is 7.94. The van der Waals surface area contributed by atoms with E-state index < -0.39 is 5.54 Å². The van der Waals surface area contributed by atoms with Crippen molar-refractivity contribution in [2.24, 2.45) is 11.8 Å². The molecule has 1 saturated carbocycles. The van der Waals surface area contributed by atoms with Gasteiger partial charge in [-0.2, -0.15) is 5.26 Å². The molecule has 206 valence electrons. The summed E-state index contributed by atoms with van der Waals surface area (Å²) >= 11 is 6.63. The molecule has 0 saturated heterocycles. The Kier molecular flexibility index (Phi) is 7.63. The van der Waals surface area contributed by atoms with Gasteiger partial charge in [-0.1, -0.05) is 109 Å². The summed E-state index contributed by atoms with van der Waals surface area (Å²) in [6.45, 7) is 0. The highest BCUT2D eigenvalue weighted by Gasteiger charge is 2.42. The third kappa shape index (κ3) is 4.99. The highest BCUT2D eigenvalue weighted by atomic mass is 35.5. The predicted molar refractivity (Wildman–Crippen MR) is 169 cm³/mol. The summed E-state index contributed by atoms with van der Waals surface area (Å²) in [5.41, 5.74) is 6.36. The van der Waals surface area contributed by atoms with Crippen LogP contribution in [0.2, 0.25) is 5.02 Å². The Morgan fingerprint density at radius 1 is 0.786 bits per heavy atom. The number of hydrazine groups is 1. The number of nitrogens with zero attached hydrogens (tertiary/aromatic N) is 2. The van der Waals surface area contributed by atoms with Crippen LogP contribution in [-0.2, 0) is 16.8 Å². The smallest absolute Gasteiger partial charge is 0.133 e. The van der Waals surface area contributed by atoms with Crippen molar-refractivity contribution in [3.05, 3.63) is 160 Å². The van der Waals surface area contributed by atoms with E-state index in [1.54, 1.807) is 12.1 Å². The summed E-state index contributed by atoms with van der Waals surface area (Å²) in [6.07, 6.45) is 1.84. The van der Waals surface area contributed by atoms with Crippen molar-refractivity contribution in [3.63, 3.8) is 0 Å². The second kappa shape index (κ2) is 11.7. The number of halogens is 1. The van der Waals surface area contributed by atoms with Gasteiger partial charge >= 0.3 is 0 Å². The first-order valence-corrected chi connectivity index (χ1v) is 14.4. The predicted octanol–water partition coefficient (Wildman–Crippen LogP) is 8.07. The van der Waals surface area contributed by atoms with E-state index in [-0.39, 0.29) is 5.92 Å². The summed E-state index contributed by atoms with van der Waals surface area (Å²) in [4.78, 5) is 12.0. The highest BCUT2D eigenvalue weighted by molar-refractivity contribution is 6.33. The van der Waals surface area contributed by atoms with E-state index >= 15 is 0 Å². The molecule has 1 aliphatic carbocycles. The number of rotatable bonds is 8. The number of carbonyl (C=O) groups excluding carboxylic acids is 1. The first-order chi connectivity index (χ1) is 20.5. The molecule has 0 aliphatic heterocycles. The average Bonchev–Trinajstić information content (AvgIpc) is 3.02. The van der Waals surface area contributed by atoms with E-state index in [2.05, 4.69) is 48.5 Å². The quantitative estimate of drug-likeness (QED) is 0.117. The van der Waals surface area contributed by atoms with Crippen molar-refractivity contribution in [1.29, 1.82) is 5.26 Å². The largest absolute Gasteiger partial charge is 0.300 e. The number of nitriles is 1. The highest BCUT2D eigenvalue weighted by Crippen LogP contribution is 2.45. The lowest BCUT2D eigenvalue weighted by molar-refractivity contribution is -0.126. The van der Waals surface area contributed by atoms with Crippen LogP contribution < -0.4 is 10.9 Å². The molecule has 5 heteroatoms. The van der Waals surface area contributed by atoms with Crippen LogP contribution in [0.1, 0.15) is 40.7 Å². The molecule has 4 nitrogen and oxygen atoms in total. The Balaban J connectivity index is 1.58. The molecule has 0 unspecified atom stereocenters. The van der Waals surface area contributed by atoms with E-state index in [1.807, 2.05) is 77.8 Å². The van der Waals surface area contributed by atoms with Gasteiger partial charge in [0, 0.05) is 23.4 Å². The first kappa shape index (κ1) is 27.5. The lowest BCUT2D eigenvalue weighted by Crippen LogP contribution is -2.53. The number of anilines is 1. The molecule has 0 heterocycles. The molecule has 0 atom stereocenters. The van der Waals surface area contributed by atoms with E-state index in [4.69, 9.17) is 17.4 Å². The Bertz CT molecular complexity index is 1660. The van der Waals surface area contributed by atoms with E-state index in [1.165, 1.54) is 0 Å². The summed E-state index contributed by atoms with van der Waals surface area (Å²) in [7, 11) is 0. The minimum Gasteiger partial charge on any atom is -0.300 e. The molecule has 6 rings (SSSR count). The Morgan fingerprint density at radius 2 is 1.33 bits per heavy atom. The topological polar surface area (TPSA) is 70.1 Å². The third-order valence-corrected chi connectivity index (χ3v) is 8.55. The number of carbonyl (C=O) groups is 1. The van der Waals surface area contributed by atoms with Crippen LogP contribution in [0.5, 0.6) is 0 Å². The SMILES string of the molecule is N#Cc1ccc(Cl)c(-c2ccc(N(N)C(c3ccccc3)(c3ccccc3)c3ccccc3)c(CC3CC(=O)C3)c2)c1. The molecule has 0 bridgehead atoms. The van der Waals surface area contributed by atoms with Crippen LogP contribution in [-0.4, -0.2) is 5.78 Å². The molecule has 5 aromatic carbocycles. The molecule has 42 heavy (non-hydrogen) atoms. The standard InChI is InChI=1S/C37H30ClN3O/c38-35-18-16-26(25-39)23-34(35)28-17-19-36(29(24-28)20-27-21-33(42)22-27)41(40)37(30-10-4-1-5-11-30,31-12-6-2-7-13-31)32-14-8-3-9-15-32/h1-19,23-24,27H,20-22,40H2. The lowest BCUT2D eigenvalue weighted by atomic mass is 9.75. The Morgan fingerprint density at radius 3 is 1.83 bits per heavy atom. The third-order valence-electron chi connectivity index (χ3n) is 8.22. The van der Waals surface area contributed by atoms with Gasteiger partial charge in [0.05, 0.1) is 17.3 Å². The number of hydrogen-bond acceptors (Lipinski definition) is 4. The molecule has 0 spiro atoms. The molecular weight excluding hydrogens is 538 g/mol. The van der Waals surface area contributed by atoms with Gasteiger partial charge in [0.2, 0.25) is 0 Å². The van der Waals surface area contributed by atoms with Gasteiger partial charge < -0.3 is 0 Å². The molecule has 0 aromatic heterocycles. The van der Waals surface area contributed by atoms with E-state index in [0.29, 0.717) is 35.6 Å². The maximum Gasteiger partial charge on any atom is 0.133 e. The van der Waals surface area contributed by atoms with Crippen LogP contribution in [0.25, 0.3) is 11.1 Å². The fraction of sp³-hybridized carbons (Fsp3) is 0.135. The maximum absolute atomic E-state index is 12.0. The van der Waals surface area contributed by atoms with Gasteiger partial charge in [-0.3, -0.25) is 9.80 Å². The van der Waals surface area contributed by atoms with Gasteiger partial charge in [-0.15, -0.1) is 0 Å². The van der Waals surface area contributed by atoms with Crippen molar-refractivity contribution < 1.29 is 4.79 Å². The van der Waals surface area contributed by atoms with Crippen LogP contribution in [0, 0.1) is 17.2 Å². The van der Waals surface area contributed by atoms with Crippen LogP contribution in [0.15, 0.2) is 127 Å². The second-order valence-electron chi connectivity index (χ2n) is 10.8. The fourth-order valence-electron chi connectivity index (χ4n) is 6.14. The summed E-state index contributed by atoms with van der Waals surface area (Å²) in [6, 6.07) is 44.7. The van der Waals surface area contributed by atoms with Crippen molar-refractivity contribution in [2.75, 3.05) is 5.01 Å². The van der Waals surface area contributed by atoms with Crippen LogP contribution >= 0.6 is 11.6 Å². The minimum absolute atomic E-state index is 0.250. The zero-order chi connectivity index (χ0) is 29.1. The van der Waals surface area contributed by atoms with Gasteiger partial charge in [-0.25, -0.2) is 5.84 Å². The van der Waals surface area contributed by atoms with Gasteiger partial charge in [0.25, 0.3) is 0 Å². The van der Waals surface area contributed by atoms with E-state index in [9.17, 15) is 10.1 Å². The monoisotopic (exact) mass is 567 g/mol. The van der Waals surface area contributed by atoms with Crippen molar-refractivity contribution in [2.45, 2.75) is 24.8 Å². The van der Waals surface area contributed by atoms with Crippen molar-refractivity contribution in [3.8, 4) is 17.2 Å². The lowest BCUT2D eigenvalue weighted by Gasteiger charge is -2.45. The Labute approximate surface area is 251 Å². The van der Waals surface area contributed by atoms with Gasteiger partial charge in [0.15, 0.2) is 0 Å². The zero-order valence-corrected chi connectivity index (χ0v) is 23.8. The van der Waals surface area contributed by atoms with Crippen molar-refractivity contribution in [1.82, 2.24) is 0 Å². The van der Waals surface area contributed by atoms with Crippen LogP contribution in [0.3, 0.4) is 0 Å². The van der Waals surface area contributed by atoms with Gasteiger partial charge in [-0.05, 0) is 70.5 Å². The number of ketones is 1. The number of nitrogens with two attached hydrogens (primary N) is 1. The van der Waals surface area contributed by atoms with Gasteiger partial charge in [0.1, 0.15) is 11.3 Å². The molecule has 5 aromatic rings. The molecule has 1 aliphatic rings. The molecule has 2 N–H and O–H groups in total. The van der Waals surface area contributed by atoms with Crippen molar-refractivity contribution >= 4 is 23.1 Å².